The fraction of sp³-hybridized carbons (Fsp3) is 0.364. The summed E-state index contributed by atoms with van der Waals surface area (Å²) in [5, 5.41) is 20.2. The second-order valence-electron chi connectivity index (χ2n) is 3.60. The molecule has 0 heterocycles. The highest BCUT2D eigenvalue weighted by Gasteiger charge is 2.33. The lowest BCUT2D eigenvalue weighted by atomic mass is 10.1. The summed E-state index contributed by atoms with van der Waals surface area (Å²) < 4.78 is 37.8. The van der Waals surface area contributed by atoms with Crippen LogP contribution >= 0.6 is 0 Å². The minimum absolute atomic E-state index is 0.142. The molecule has 0 aliphatic rings. The van der Waals surface area contributed by atoms with Gasteiger partial charge in [0.05, 0.1) is 23.3 Å². The predicted molar refractivity (Wildman–Crippen MR) is 56.3 cm³/mol. The van der Waals surface area contributed by atoms with Crippen LogP contribution in [0.25, 0.3) is 0 Å². The molecule has 0 radical (unpaired) electrons. The molecule has 6 heteroatoms. The first-order chi connectivity index (χ1) is 7.84. The summed E-state index contributed by atoms with van der Waals surface area (Å²) in [5.41, 5.74) is -1.17. The van der Waals surface area contributed by atoms with Gasteiger partial charge < -0.3 is 10.4 Å². The van der Waals surface area contributed by atoms with Crippen LogP contribution in [0, 0.1) is 11.3 Å². The van der Waals surface area contributed by atoms with Gasteiger partial charge in [0.25, 0.3) is 0 Å². The molecule has 0 saturated carbocycles. The number of anilines is 1. The van der Waals surface area contributed by atoms with E-state index in [0.717, 1.165) is 12.1 Å². The molecule has 1 aromatic rings. The molecule has 1 atom stereocenters. The van der Waals surface area contributed by atoms with Crippen molar-refractivity contribution in [3.8, 4) is 6.07 Å². The third-order valence-corrected chi connectivity index (χ3v) is 2.05. The van der Waals surface area contributed by atoms with Gasteiger partial charge in [-0.15, -0.1) is 0 Å². The minimum atomic E-state index is -4.56. The minimum Gasteiger partial charge on any atom is -0.392 e. The van der Waals surface area contributed by atoms with Crippen LogP contribution in [0.1, 0.15) is 18.1 Å². The number of benzene rings is 1. The lowest BCUT2D eigenvalue weighted by Gasteiger charge is -2.13. The van der Waals surface area contributed by atoms with Gasteiger partial charge in [0.2, 0.25) is 0 Å². The van der Waals surface area contributed by atoms with Crippen LogP contribution in [0.5, 0.6) is 0 Å². The Balaban J connectivity index is 3.02. The SMILES string of the molecule is C[C@@H](O)CNc1ccc(C#N)c(C(F)(F)F)c1. The average molecular weight is 244 g/mol. The molecule has 0 aliphatic heterocycles. The second-order valence-corrected chi connectivity index (χ2v) is 3.60. The maximum absolute atomic E-state index is 12.6. The Hall–Kier alpha value is -1.74. The maximum atomic E-state index is 12.6. The van der Waals surface area contributed by atoms with Crippen molar-refractivity contribution in [3.63, 3.8) is 0 Å². The van der Waals surface area contributed by atoms with E-state index in [4.69, 9.17) is 10.4 Å². The van der Waals surface area contributed by atoms with Gasteiger partial charge in [-0.05, 0) is 25.1 Å². The lowest BCUT2D eigenvalue weighted by molar-refractivity contribution is -0.137. The highest BCUT2D eigenvalue weighted by atomic mass is 19.4. The van der Waals surface area contributed by atoms with E-state index < -0.39 is 23.4 Å². The number of aliphatic hydroxyl groups excluding tert-OH is 1. The Kier molecular flexibility index (Phi) is 3.97. The fourth-order valence-electron chi connectivity index (χ4n) is 1.25. The van der Waals surface area contributed by atoms with Gasteiger partial charge in [0.1, 0.15) is 0 Å². The molecule has 0 bridgehead atoms. The number of hydrogen-bond donors (Lipinski definition) is 2. The van der Waals surface area contributed by atoms with Gasteiger partial charge in [-0.3, -0.25) is 0 Å². The number of rotatable bonds is 3. The first-order valence-corrected chi connectivity index (χ1v) is 4.88. The summed E-state index contributed by atoms with van der Waals surface area (Å²) in [7, 11) is 0. The molecule has 17 heavy (non-hydrogen) atoms. The number of hydrogen-bond acceptors (Lipinski definition) is 3. The van der Waals surface area contributed by atoms with Gasteiger partial charge in [-0.1, -0.05) is 0 Å². The van der Waals surface area contributed by atoms with Gasteiger partial charge in [0.15, 0.2) is 0 Å². The van der Waals surface area contributed by atoms with E-state index in [2.05, 4.69) is 5.32 Å². The first-order valence-electron chi connectivity index (χ1n) is 4.88. The van der Waals surface area contributed by atoms with Crippen LogP contribution in [0.15, 0.2) is 18.2 Å². The standard InChI is InChI=1S/C11H11F3N2O/c1-7(17)6-16-9-3-2-8(5-15)10(4-9)11(12,13)14/h2-4,7,16-17H,6H2,1H3/t7-/m1/s1. The lowest BCUT2D eigenvalue weighted by Crippen LogP contribution is -2.16. The molecule has 0 amide bonds. The highest BCUT2D eigenvalue weighted by Crippen LogP contribution is 2.33. The Morgan fingerprint density at radius 3 is 2.59 bits per heavy atom. The van der Waals surface area contributed by atoms with Crippen LogP contribution in [-0.4, -0.2) is 17.8 Å². The smallest absolute Gasteiger partial charge is 0.392 e. The number of halogens is 3. The maximum Gasteiger partial charge on any atom is 0.417 e. The van der Waals surface area contributed by atoms with Gasteiger partial charge in [0, 0.05) is 12.2 Å². The molecule has 0 saturated heterocycles. The number of nitriles is 1. The summed E-state index contributed by atoms with van der Waals surface area (Å²) in [6.45, 7) is 1.66. The molecule has 92 valence electrons. The average Bonchev–Trinajstić information content (AvgIpc) is 2.24. The molecular weight excluding hydrogens is 233 g/mol. The Labute approximate surface area is 96.5 Å². The van der Waals surface area contributed by atoms with E-state index in [-0.39, 0.29) is 12.2 Å². The summed E-state index contributed by atoms with van der Waals surface area (Å²) in [5.74, 6) is 0. The van der Waals surface area contributed by atoms with Crippen molar-refractivity contribution in [2.45, 2.75) is 19.2 Å². The molecule has 3 nitrogen and oxygen atoms in total. The zero-order valence-corrected chi connectivity index (χ0v) is 9.04. The third kappa shape index (κ3) is 3.64. The summed E-state index contributed by atoms with van der Waals surface area (Å²) in [6.07, 6.45) is -5.23. The Morgan fingerprint density at radius 1 is 1.47 bits per heavy atom. The topological polar surface area (TPSA) is 56.0 Å². The Morgan fingerprint density at radius 2 is 2.12 bits per heavy atom. The van der Waals surface area contributed by atoms with Crippen molar-refractivity contribution in [1.82, 2.24) is 0 Å². The first kappa shape index (κ1) is 13.3. The van der Waals surface area contributed by atoms with E-state index in [1.165, 1.54) is 19.1 Å². The number of nitrogens with zero attached hydrogens (tertiary/aromatic N) is 1. The van der Waals surface area contributed by atoms with Crippen LogP contribution < -0.4 is 5.32 Å². The molecule has 2 N–H and O–H groups in total. The van der Waals surface area contributed by atoms with E-state index in [9.17, 15) is 13.2 Å². The van der Waals surface area contributed by atoms with E-state index in [1.54, 1.807) is 0 Å². The fourth-order valence-corrected chi connectivity index (χ4v) is 1.25. The molecule has 0 aliphatic carbocycles. The molecule has 1 aromatic carbocycles. The monoisotopic (exact) mass is 244 g/mol. The molecule has 1 rings (SSSR count). The summed E-state index contributed by atoms with van der Waals surface area (Å²) >= 11 is 0. The molecule has 0 unspecified atom stereocenters. The van der Waals surface area contributed by atoms with E-state index in [0.29, 0.717) is 0 Å². The number of nitrogens with one attached hydrogen (secondary N) is 1. The normalized spacial score (nSPS) is 12.9. The summed E-state index contributed by atoms with van der Waals surface area (Å²) in [6, 6.07) is 4.83. The van der Waals surface area contributed by atoms with Crippen LogP contribution in [0.2, 0.25) is 0 Å². The molecule has 0 aromatic heterocycles. The van der Waals surface area contributed by atoms with Crippen LogP contribution in [0.4, 0.5) is 18.9 Å². The quantitative estimate of drug-likeness (QED) is 0.858. The van der Waals surface area contributed by atoms with E-state index in [1.807, 2.05) is 0 Å². The Bertz CT molecular complexity index is 435. The van der Waals surface area contributed by atoms with Gasteiger partial charge in [-0.2, -0.15) is 18.4 Å². The van der Waals surface area contributed by atoms with Gasteiger partial charge in [-0.25, -0.2) is 0 Å². The highest BCUT2D eigenvalue weighted by molar-refractivity contribution is 5.53. The van der Waals surface area contributed by atoms with Crippen molar-refractivity contribution < 1.29 is 18.3 Å². The zero-order valence-electron chi connectivity index (χ0n) is 9.04. The summed E-state index contributed by atoms with van der Waals surface area (Å²) in [4.78, 5) is 0. The van der Waals surface area contributed by atoms with Crippen LogP contribution in [-0.2, 0) is 6.18 Å². The van der Waals surface area contributed by atoms with Crippen molar-refractivity contribution in [2.75, 3.05) is 11.9 Å². The predicted octanol–water partition coefficient (Wildman–Crippen LogP) is 2.37. The largest absolute Gasteiger partial charge is 0.417 e. The van der Waals surface area contributed by atoms with Crippen molar-refractivity contribution >= 4 is 5.69 Å². The third-order valence-electron chi connectivity index (χ3n) is 2.05. The number of alkyl halides is 3. The van der Waals surface area contributed by atoms with Gasteiger partial charge >= 0.3 is 6.18 Å². The van der Waals surface area contributed by atoms with Crippen molar-refractivity contribution in [2.24, 2.45) is 0 Å². The van der Waals surface area contributed by atoms with Crippen molar-refractivity contribution in [3.05, 3.63) is 29.3 Å². The second kappa shape index (κ2) is 5.06. The van der Waals surface area contributed by atoms with Crippen molar-refractivity contribution in [1.29, 1.82) is 5.26 Å². The zero-order chi connectivity index (χ0) is 13.1. The molecular formula is C11H11F3N2O. The molecule has 0 fully saturated rings. The van der Waals surface area contributed by atoms with E-state index >= 15 is 0 Å². The number of aliphatic hydroxyl groups is 1. The van der Waals surface area contributed by atoms with Crippen LogP contribution in [0.3, 0.4) is 0 Å². The molecule has 0 spiro atoms.